The molecular formula is C23H29N7O3. The summed E-state index contributed by atoms with van der Waals surface area (Å²) in [5.41, 5.74) is 4.87. The average molecular weight is 452 g/mol. The molecule has 174 valence electrons. The van der Waals surface area contributed by atoms with Gasteiger partial charge in [0, 0.05) is 24.3 Å². The van der Waals surface area contributed by atoms with Gasteiger partial charge in [0.2, 0.25) is 0 Å². The van der Waals surface area contributed by atoms with E-state index < -0.39 is 0 Å². The van der Waals surface area contributed by atoms with Crippen LogP contribution in [0.3, 0.4) is 0 Å². The number of oxime groups is 1. The lowest BCUT2D eigenvalue weighted by atomic mass is 10.2. The van der Waals surface area contributed by atoms with Crippen molar-refractivity contribution in [2.45, 2.75) is 27.0 Å². The molecule has 0 aliphatic rings. The van der Waals surface area contributed by atoms with E-state index in [9.17, 15) is 0 Å². The molecule has 1 aromatic carbocycles. The third-order valence-electron chi connectivity index (χ3n) is 5.64. The van der Waals surface area contributed by atoms with Gasteiger partial charge in [0.05, 0.1) is 25.8 Å². The summed E-state index contributed by atoms with van der Waals surface area (Å²) in [6.45, 7) is 6.16. The lowest BCUT2D eigenvalue weighted by Crippen LogP contribution is -2.19. The van der Waals surface area contributed by atoms with Crippen molar-refractivity contribution in [1.82, 2.24) is 29.0 Å². The summed E-state index contributed by atoms with van der Waals surface area (Å²) < 4.78 is 14.5. The minimum absolute atomic E-state index is 0.145. The first kappa shape index (κ1) is 22.5. The number of aromatic nitrogens is 5. The maximum absolute atomic E-state index is 5.45. The zero-order chi connectivity index (χ0) is 23.5. The van der Waals surface area contributed by atoms with Crippen molar-refractivity contribution in [3.8, 4) is 11.5 Å². The van der Waals surface area contributed by atoms with E-state index in [0.29, 0.717) is 17.3 Å². The summed E-state index contributed by atoms with van der Waals surface area (Å²) in [5.74, 6) is 1.82. The fourth-order valence-corrected chi connectivity index (χ4v) is 3.74. The Kier molecular flexibility index (Phi) is 6.45. The molecule has 0 unspecified atom stereocenters. The second-order valence-corrected chi connectivity index (χ2v) is 8.03. The number of benzene rings is 1. The highest BCUT2D eigenvalue weighted by Crippen LogP contribution is 2.28. The number of hydrogen-bond acceptors (Lipinski definition) is 8. The van der Waals surface area contributed by atoms with Crippen molar-refractivity contribution in [2.75, 3.05) is 34.9 Å². The quantitative estimate of drug-likeness (QED) is 0.285. The fourth-order valence-electron chi connectivity index (χ4n) is 3.74. The largest absolute Gasteiger partial charge is 0.493 e. The SMILES string of the molecule is COc1ccc(/C=N/OCc2nc3c4c(C)c(C)n(CCN(C)C)c4ncn3n2)cc1OC. The monoisotopic (exact) mass is 451 g/mol. The van der Waals surface area contributed by atoms with Gasteiger partial charge in [-0.2, -0.15) is 0 Å². The standard InChI is InChI=1S/C23H29N7O3/c1-15-16(2)29(10-9-28(3)4)22-21(15)23-26-20(27-30(23)14-24-22)13-33-25-12-17-7-8-18(31-5)19(11-17)32-6/h7-8,11-12,14H,9-10,13H2,1-6H3/b25-12+. The van der Waals surface area contributed by atoms with Crippen LogP contribution < -0.4 is 9.47 Å². The van der Waals surface area contributed by atoms with Gasteiger partial charge in [0.15, 0.2) is 29.6 Å². The van der Waals surface area contributed by atoms with Crippen LogP contribution in [-0.4, -0.2) is 70.1 Å². The van der Waals surface area contributed by atoms with Gasteiger partial charge < -0.3 is 23.8 Å². The molecule has 0 aliphatic heterocycles. The summed E-state index contributed by atoms with van der Waals surface area (Å²) in [6.07, 6.45) is 3.31. The summed E-state index contributed by atoms with van der Waals surface area (Å²) in [7, 11) is 7.33. The Morgan fingerprint density at radius 2 is 1.88 bits per heavy atom. The van der Waals surface area contributed by atoms with Crippen LogP contribution in [0.1, 0.15) is 22.6 Å². The van der Waals surface area contributed by atoms with Crippen molar-refractivity contribution in [1.29, 1.82) is 0 Å². The molecule has 0 spiro atoms. The molecule has 0 N–H and O–H groups in total. The molecule has 0 amide bonds. The van der Waals surface area contributed by atoms with Gasteiger partial charge in [0.1, 0.15) is 12.0 Å². The second-order valence-electron chi connectivity index (χ2n) is 8.03. The molecule has 3 heterocycles. The Bertz CT molecular complexity index is 1310. The van der Waals surface area contributed by atoms with E-state index in [1.807, 2.05) is 18.2 Å². The van der Waals surface area contributed by atoms with Crippen molar-refractivity contribution in [3.05, 3.63) is 47.2 Å². The van der Waals surface area contributed by atoms with Gasteiger partial charge in [-0.1, -0.05) is 5.16 Å². The number of likely N-dealkylation sites (N-methyl/N-ethyl adjacent to an activating group) is 1. The second kappa shape index (κ2) is 9.45. The molecule has 4 aromatic rings. The predicted octanol–water partition coefficient (Wildman–Crippen LogP) is 2.83. The third-order valence-corrected chi connectivity index (χ3v) is 5.64. The first-order chi connectivity index (χ1) is 15.9. The fraction of sp³-hybridized carbons (Fsp3) is 0.391. The highest BCUT2D eigenvalue weighted by Gasteiger charge is 2.18. The molecule has 0 atom stereocenters. The van der Waals surface area contributed by atoms with Crippen LogP contribution in [0.2, 0.25) is 0 Å². The van der Waals surface area contributed by atoms with Gasteiger partial charge in [-0.15, -0.1) is 5.10 Å². The molecule has 10 heteroatoms. The van der Waals surface area contributed by atoms with Gasteiger partial charge in [0.25, 0.3) is 0 Å². The molecule has 33 heavy (non-hydrogen) atoms. The van der Waals surface area contributed by atoms with Gasteiger partial charge in [-0.3, -0.25) is 0 Å². The van der Waals surface area contributed by atoms with Crippen LogP contribution in [0.5, 0.6) is 11.5 Å². The van der Waals surface area contributed by atoms with Crippen LogP contribution in [0.25, 0.3) is 16.7 Å². The Balaban J connectivity index is 1.53. The first-order valence-electron chi connectivity index (χ1n) is 10.6. The van der Waals surface area contributed by atoms with E-state index in [1.165, 1.54) is 5.69 Å². The van der Waals surface area contributed by atoms with Crippen LogP contribution in [0, 0.1) is 13.8 Å². The van der Waals surface area contributed by atoms with E-state index >= 15 is 0 Å². The van der Waals surface area contributed by atoms with Crippen LogP contribution >= 0.6 is 0 Å². The lowest BCUT2D eigenvalue weighted by molar-refractivity contribution is 0.126. The zero-order valence-corrected chi connectivity index (χ0v) is 19.9. The van der Waals surface area contributed by atoms with Crippen molar-refractivity contribution in [2.24, 2.45) is 5.16 Å². The molecule has 0 aliphatic carbocycles. The maximum atomic E-state index is 5.45. The smallest absolute Gasteiger partial charge is 0.192 e. The van der Waals surface area contributed by atoms with Crippen LogP contribution in [0.15, 0.2) is 29.7 Å². The number of methoxy groups -OCH3 is 2. The molecule has 0 saturated heterocycles. The Hall–Kier alpha value is -3.66. The highest BCUT2D eigenvalue weighted by molar-refractivity contribution is 5.93. The minimum Gasteiger partial charge on any atom is -0.493 e. The molecule has 0 saturated carbocycles. The van der Waals surface area contributed by atoms with E-state index in [0.717, 1.165) is 40.9 Å². The Morgan fingerprint density at radius 3 is 2.61 bits per heavy atom. The average Bonchev–Trinajstić information content (AvgIpc) is 3.33. The highest BCUT2D eigenvalue weighted by atomic mass is 16.6. The number of aryl methyl sites for hydroxylation is 1. The third kappa shape index (κ3) is 4.47. The first-order valence-corrected chi connectivity index (χ1v) is 10.6. The Labute approximate surface area is 192 Å². The van der Waals surface area contributed by atoms with Crippen molar-refractivity contribution < 1.29 is 14.3 Å². The number of nitrogens with zero attached hydrogens (tertiary/aromatic N) is 7. The topological polar surface area (TPSA) is 91.3 Å². The van der Waals surface area contributed by atoms with Crippen LogP contribution in [0.4, 0.5) is 0 Å². The van der Waals surface area contributed by atoms with Crippen LogP contribution in [-0.2, 0) is 18.0 Å². The van der Waals surface area contributed by atoms with Crippen molar-refractivity contribution >= 4 is 22.9 Å². The van der Waals surface area contributed by atoms with E-state index in [1.54, 1.807) is 31.3 Å². The zero-order valence-electron chi connectivity index (χ0n) is 19.9. The number of rotatable bonds is 9. The van der Waals surface area contributed by atoms with Gasteiger partial charge >= 0.3 is 0 Å². The molecule has 0 radical (unpaired) electrons. The van der Waals surface area contributed by atoms with Gasteiger partial charge in [-0.05, 0) is 51.7 Å². The van der Waals surface area contributed by atoms with Gasteiger partial charge in [-0.25, -0.2) is 14.5 Å². The predicted molar refractivity (Wildman–Crippen MR) is 126 cm³/mol. The summed E-state index contributed by atoms with van der Waals surface area (Å²) in [6, 6.07) is 5.51. The number of hydrogen-bond donors (Lipinski definition) is 0. The molecule has 0 bridgehead atoms. The Morgan fingerprint density at radius 1 is 1.09 bits per heavy atom. The summed E-state index contributed by atoms with van der Waals surface area (Å²) in [5, 5.41) is 9.56. The van der Waals surface area contributed by atoms with Crippen molar-refractivity contribution in [3.63, 3.8) is 0 Å². The summed E-state index contributed by atoms with van der Waals surface area (Å²) in [4.78, 5) is 17.0. The number of ether oxygens (including phenoxy) is 2. The molecule has 0 fully saturated rings. The molecular weight excluding hydrogens is 422 g/mol. The van der Waals surface area contributed by atoms with E-state index in [-0.39, 0.29) is 6.61 Å². The van der Waals surface area contributed by atoms with E-state index in [4.69, 9.17) is 19.3 Å². The molecule has 4 rings (SSSR count). The molecule has 3 aromatic heterocycles. The maximum Gasteiger partial charge on any atom is 0.192 e. The summed E-state index contributed by atoms with van der Waals surface area (Å²) >= 11 is 0. The van der Waals surface area contributed by atoms with E-state index in [2.05, 4.69) is 52.6 Å². The number of fused-ring (bicyclic) bond motifs is 3. The normalized spacial score (nSPS) is 11.8. The lowest BCUT2D eigenvalue weighted by Gasteiger charge is -2.12. The minimum atomic E-state index is 0.145. The molecule has 10 nitrogen and oxygen atoms in total.